The molecule has 10 aromatic carbocycles. The van der Waals surface area contributed by atoms with Crippen LogP contribution in [0.3, 0.4) is 0 Å². The molecule has 0 unspecified atom stereocenters. The molecule has 67 heavy (non-hydrogen) atoms. The van der Waals surface area contributed by atoms with Crippen molar-refractivity contribution in [3.63, 3.8) is 0 Å². The maximum absolute atomic E-state index is 2.51. The maximum Gasteiger partial charge on any atom is 0.0540 e. The van der Waals surface area contributed by atoms with Gasteiger partial charge in [-0.05, 0) is 101 Å². The third kappa shape index (κ3) is 8.74. The topological polar surface area (TPSA) is 3.24 Å². The number of para-hydroxylation sites is 3. The third-order valence-corrected chi connectivity index (χ3v) is 13.2. The summed E-state index contributed by atoms with van der Waals surface area (Å²) in [6, 6.07) is 87.0. The van der Waals surface area contributed by atoms with Crippen LogP contribution in [0.25, 0.3) is 77.5 Å². The van der Waals surface area contributed by atoms with Crippen molar-refractivity contribution in [3.05, 3.63) is 248 Å². The van der Waals surface area contributed by atoms with Crippen LogP contribution in [0, 0.1) is 0 Å². The van der Waals surface area contributed by atoms with Crippen LogP contribution in [0.15, 0.2) is 237 Å². The van der Waals surface area contributed by atoms with Crippen LogP contribution in [0.1, 0.15) is 52.7 Å². The molecule has 0 aliphatic rings. The van der Waals surface area contributed by atoms with Gasteiger partial charge in [-0.25, -0.2) is 0 Å². The first-order valence-electron chi connectivity index (χ1n) is 23.6. The summed E-state index contributed by atoms with van der Waals surface area (Å²) in [6.45, 7) is 13.9. The minimum atomic E-state index is -0.0129. The first kappa shape index (κ1) is 43.2. The number of benzene rings is 10. The molecule has 0 aliphatic carbocycles. The highest BCUT2D eigenvalue weighted by molar-refractivity contribution is 6.09. The van der Waals surface area contributed by atoms with Crippen LogP contribution in [0.4, 0.5) is 17.1 Å². The number of rotatable bonds is 9. The fourth-order valence-electron chi connectivity index (χ4n) is 9.51. The monoisotopic (exact) mass is 863 g/mol. The summed E-state index contributed by atoms with van der Waals surface area (Å²) < 4.78 is 0. The molecule has 0 atom stereocenters. The lowest BCUT2D eigenvalue weighted by Crippen LogP contribution is -2.16. The summed E-state index contributed by atoms with van der Waals surface area (Å²) in [5.74, 6) is 0. The van der Waals surface area contributed by atoms with E-state index in [1.165, 1.54) is 60.8 Å². The van der Waals surface area contributed by atoms with E-state index in [0.29, 0.717) is 0 Å². The highest BCUT2D eigenvalue weighted by Gasteiger charge is 2.26. The van der Waals surface area contributed by atoms with Crippen molar-refractivity contribution in [2.45, 2.75) is 52.4 Å². The van der Waals surface area contributed by atoms with E-state index >= 15 is 0 Å². The lowest BCUT2D eigenvalue weighted by molar-refractivity contribution is 0.569. The SMILES string of the molecule is CC(C)(C)c1cc(-c2cccc3cccc(-c4ccccc4N(c4ccccc4-c4ccc(-c5ccccc5)cc4)c4ccccc4-c4ccc(-c5ccccc5)cc4)c23)cc(C(C)(C)C)c1. The Hall–Kier alpha value is -7.74. The molecular weight excluding hydrogens is 807 g/mol. The van der Waals surface area contributed by atoms with Gasteiger partial charge in [0.15, 0.2) is 0 Å². The standard InChI is InChI=1S/C66H57N/c1-65(2,3)54-43-53(44-55(45-54)66(4,5)6)58-30-19-25-52-26-20-31-60(64(52)58)59-29-15-18-34-63(59)67(61-32-16-13-27-56(61)50-39-35-48(36-40-50)46-21-9-7-10-22-46)62-33-17-14-28-57(62)51-41-37-49(38-42-51)47-23-11-8-12-24-47/h7-45H,1-6H3. The van der Waals surface area contributed by atoms with Crippen LogP contribution in [0.5, 0.6) is 0 Å². The highest BCUT2D eigenvalue weighted by atomic mass is 15.1. The molecule has 1 heteroatoms. The van der Waals surface area contributed by atoms with Gasteiger partial charge in [-0.3, -0.25) is 0 Å². The minimum absolute atomic E-state index is 0.0129. The molecule has 0 heterocycles. The molecule has 0 N–H and O–H groups in total. The van der Waals surface area contributed by atoms with Gasteiger partial charge < -0.3 is 4.90 Å². The van der Waals surface area contributed by atoms with E-state index in [9.17, 15) is 0 Å². The smallest absolute Gasteiger partial charge is 0.0540 e. The number of nitrogens with zero attached hydrogens (tertiary/aromatic N) is 1. The Bertz CT molecular complexity index is 3160. The second kappa shape index (κ2) is 17.9. The molecule has 326 valence electrons. The summed E-state index contributed by atoms with van der Waals surface area (Å²) in [5.41, 5.74) is 20.2. The average molecular weight is 864 g/mol. The Morgan fingerprint density at radius 2 is 0.597 bits per heavy atom. The van der Waals surface area contributed by atoms with Gasteiger partial charge in [-0.1, -0.05) is 260 Å². The first-order valence-corrected chi connectivity index (χ1v) is 23.6. The quantitative estimate of drug-likeness (QED) is 0.140. The van der Waals surface area contributed by atoms with E-state index in [1.54, 1.807) is 0 Å². The van der Waals surface area contributed by atoms with Crippen LogP contribution in [-0.2, 0) is 10.8 Å². The van der Waals surface area contributed by atoms with Gasteiger partial charge in [0.05, 0.1) is 17.1 Å². The van der Waals surface area contributed by atoms with Gasteiger partial charge in [-0.2, -0.15) is 0 Å². The Labute approximate surface area is 397 Å². The molecule has 0 aliphatic heterocycles. The summed E-state index contributed by atoms with van der Waals surface area (Å²) in [6.07, 6.45) is 0. The van der Waals surface area contributed by atoms with Crippen LogP contribution < -0.4 is 4.90 Å². The predicted molar refractivity (Wildman–Crippen MR) is 289 cm³/mol. The second-order valence-corrected chi connectivity index (χ2v) is 19.8. The molecule has 0 aromatic heterocycles. The lowest BCUT2D eigenvalue weighted by atomic mass is 9.78. The van der Waals surface area contributed by atoms with Crippen molar-refractivity contribution in [1.82, 2.24) is 0 Å². The molecular formula is C66H57N. The Morgan fingerprint density at radius 3 is 1.04 bits per heavy atom. The maximum atomic E-state index is 2.51. The molecule has 0 bridgehead atoms. The summed E-state index contributed by atoms with van der Waals surface area (Å²) >= 11 is 0. The molecule has 10 aromatic rings. The summed E-state index contributed by atoms with van der Waals surface area (Å²) in [4.78, 5) is 2.51. The molecule has 0 fully saturated rings. The van der Waals surface area contributed by atoms with Crippen LogP contribution in [-0.4, -0.2) is 0 Å². The normalized spacial score (nSPS) is 11.7. The molecule has 0 amide bonds. The van der Waals surface area contributed by atoms with Gasteiger partial charge in [0.2, 0.25) is 0 Å². The number of anilines is 3. The largest absolute Gasteiger partial charge is 0.309 e. The van der Waals surface area contributed by atoms with Crippen molar-refractivity contribution >= 4 is 27.8 Å². The van der Waals surface area contributed by atoms with Crippen molar-refractivity contribution < 1.29 is 0 Å². The fourth-order valence-corrected chi connectivity index (χ4v) is 9.51. The highest BCUT2D eigenvalue weighted by Crippen LogP contribution is 2.50. The first-order chi connectivity index (χ1) is 32.5. The van der Waals surface area contributed by atoms with Gasteiger partial charge in [-0.15, -0.1) is 0 Å². The summed E-state index contributed by atoms with van der Waals surface area (Å²) in [7, 11) is 0. The predicted octanol–water partition coefficient (Wildman–Crippen LogP) is 18.9. The van der Waals surface area contributed by atoms with E-state index in [0.717, 1.165) is 44.9 Å². The molecule has 0 spiro atoms. The molecule has 0 radical (unpaired) electrons. The minimum Gasteiger partial charge on any atom is -0.309 e. The average Bonchev–Trinajstić information content (AvgIpc) is 3.36. The molecule has 10 rings (SSSR count). The van der Waals surface area contributed by atoms with Crippen molar-refractivity contribution in [3.8, 4) is 66.8 Å². The number of hydrogen-bond acceptors (Lipinski definition) is 1. The Balaban J connectivity index is 1.21. The van der Waals surface area contributed by atoms with Crippen molar-refractivity contribution in [1.29, 1.82) is 0 Å². The number of fused-ring (bicyclic) bond motifs is 1. The molecule has 0 saturated carbocycles. The van der Waals surface area contributed by atoms with E-state index in [-0.39, 0.29) is 10.8 Å². The van der Waals surface area contributed by atoms with E-state index in [1.807, 2.05) is 0 Å². The third-order valence-electron chi connectivity index (χ3n) is 13.2. The summed E-state index contributed by atoms with van der Waals surface area (Å²) in [5, 5.41) is 2.46. The Kier molecular flexibility index (Phi) is 11.5. The van der Waals surface area contributed by atoms with E-state index < -0.39 is 0 Å². The molecule has 1 nitrogen and oxygen atoms in total. The van der Waals surface area contributed by atoms with Gasteiger partial charge in [0.1, 0.15) is 0 Å². The number of hydrogen-bond donors (Lipinski definition) is 0. The zero-order chi connectivity index (χ0) is 46.1. The van der Waals surface area contributed by atoms with Crippen LogP contribution in [0.2, 0.25) is 0 Å². The van der Waals surface area contributed by atoms with Gasteiger partial charge >= 0.3 is 0 Å². The fraction of sp³-hybridized carbons (Fsp3) is 0.121. The molecule has 0 saturated heterocycles. The van der Waals surface area contributed by atoms with Gasteiger partial charge in [0, 0.05) is 16.7 Å². The van der Waals surface area contributed by atoms with Gasteiger partial charge in [0.25, 0.3) is 0 Å². The van der Waals surface area contributed by atoms with Crippen LogP contribution >= 0.6 is 0 Å². The zero-order valence-corrected chi connectivity index (χ0v) is 39.5. The van der Waals surface area contributed by atoms with Crippen molar-refractivity contribution in [2.24, 2.45) is 0 Å². The van der Waals surface area contributed by atoms with E-state index in [2.05, 4.69) is 283 Å². The second-order valence-electron chi connectivity index (χ2n) is 19.8. The Morgan fingerprint density at radius 1 is 0.254 bits per heavy atom. The van der Waals surface area contributed by atoms with E-state index in [4.69, 9.17) is 0 Å². The van der Waals surface area contributed by atoms with Crippen molar-refractivity contribution in [2.75, 3.05) is 4.90 Å². The zero-order valence-electron chi connectivity index (χ0n) is 39.5. The lowest BCUT2D eigenvalue weighted by Gasteiger charge is -2.32.